The average Bonchev–Trinajstić information content (AvgIpc) is 2.34. The quantitative estimate of drug-likeness (QED) is 0.638. The van der Waals surface area contributed by atoms with Gasteiger partial charge in [0.15, 0.2) is 0 Å². The summed E-state index contributed by atoms with van der Waals surface area (Å²) >= 11 is 0. The lowest BCUT2D eigenvalue weighted by molar-refractivity contribution is 0.0271. The van der Waals surface area contributed by atoms with E-state index in [1.165, 1.54) is 0 Å². The molecule has 0 aromatic heterocycles. The van der Waals surface area contributed by atoms with Crippen molar-refractivity contribution >= 4 is 12.2 Å². The molecule has 0 bridgehead atoms. The third-order valence-electron chi connectivity index (χ3n) is 2.82. The molecule has 2 amide bonds. The number of nitrogens with two attached hydrogens (primary N) is 1. The molecule has 0 aliphatic rings. The first-order chi connectivity index (χ1) is 9.29. The molecule has 1 atom stereocenters. The second kappa shape index (κ2) is 9.44. The number of primary amides is 1. The highest BCUT2D eigenvalue weighted by Crippen LogP contribution is 2.27. The molecule has 0 aliphatic heterocycles. The number of hydrogen-bond acceptors (Lipinski definition) is 4. The summed E-state index contributed by atoms with van der Waals surface area (Å²) in [6, 6.07) is 0. The van der Waals surface area contributed by atoms with Crippen molar-refractivity contribution in [3.63, 3.8) is 0 Å². The van der Waals surface area contributed by atoms with E-state index in [-0.39, 0.29) is 13.2 Å². The summed E-state index contributed by atoms with van der Waals surface area (Å²) in [4.78, 5) is 22.2. The first kappa shape index (κ1) is 18.5. The molecule has 0 heterocycles. The fourth-order valence-electron chi connectivity index (χ4n) is 2.05. The molecule has 0 fully saturated rings. The number of ether oxygens (including phenoxy) is 2. The lowest BCUT2D eigenvalue weighted by Crippen LogP contribution is -2.36. The van der Waals surface area contributed by atoms with Crippen molar-refractivity contribution in [2.24, 2.45) is 17.1 Å². The van der Waals surface area contributed by atoms with Gasteiger partial charge in [0.1, 0.15) is 13.2 Å². The van der Waals surface area contributed by atoms with E-state index >= 15 is 0 Å². The van der Waals surface area contributed by atoms with E-state index in [0.717, 1.165) is 19.3 Å². The van der Waals surface area contributed by atoms with Crippen molar-refractivity contribution in [3.05, 3.63) is 0 Å². The Balaban J connectivity index is 4.27. The van der Waals surface area contributed by atoms with Crippen LogP contribution in [0.2, 0.25) is 0 Å². The van der Waals surface area contributed by atoms with E-state index in [0.29, 0.717) is 12.5 Å². The molecule has 1 unspecified atom stereocenters. The minimum atomic E-state index is -0.813. The van der Waals surface area contributed by atoms with Gasteiger partial charge in [-0.1, -0.05) is 34.1 Å². The molecule has 0 rings (SSSR count). The Labute approximate surface area is 121 Å². The van der Waals surface area contributed by atoms with E-state index in [9.17, 15) is 9.59 Å². The van der Waals surface area contributed by atoms with E-state index in [4.69, 9.17) is 15.2 Å². The highest BCUT2D eigenvalue weighted by molar-refractivity contribution is 5.67. The number of rotatable bonds is 9. The molecular formula is C14H28N2O4. The maximum atomic E-state index is 11.5. The predicted octanol–water partition coefficient (Wildman–Crippen LogP) is 2.66. The monoisotopic (exact) mass is 288 g/mol. The SMILES string of the molecule is CCCCNC(=O)OCC(C)(COC(N)=O)CC(C)C. The Morgan fingerprint density at radius 2 is 1.85 bits per heavy atom. The van der Waals surface area contributed by atoms with Crippen LogP contribution < -0.4 is 11.1 Å². The second-order valence-electron chi connectivity index (χ2n) is 5.87. The van der Waals surface area contributed by atoms with Crippen LogP contribution in [0.4, 0.5) is 9.59 Å². The third-order valence-corrected chi connectivity index (χ3v) is 2.82. The van der Waals surface area contributed by atoms with Crippen LogP contribution in [-0.2, 0) is 9.47 Å². The largest absolute Gasteiger partial charge is 0.449 e. The zero-order valence-corrected chi connectivity index (χ0v) is 13.0. The molecular weight excluding hydrogens is 260 g/mol. The van der Waals surface area contributed by atoms with Gasteiger partial charge in [0.05, 0.1) is 0 Å². The van der Waals surface area contributed by atoms with Crippen LogP contribution in [0.1, 0.15) is 47.0 Å². The molecule has 6 heteroatoms. The summed E-state index contributed by atoms with van der Waals surface area (Å²) in [6.07, 6.45) is 1.45. The summed E-state index contributed by atoms with van der Waals surface area (Å²) in [5.41, 5.74) is 4.56. The van der Waals surface area contributed by atoms with Gasteiger partial charge in [-0.25, -0.2) is 9.59 Å². The lowest BCUT2D eigenvalue weighted by Gasteiger charge is -2.29. The average molecular weight is 288 g/mol. The van der Waals surface area contributed by atoms with Gasteiger partial charge in [-0.3, -0.25) is 0 Å². The molecule has 0 saturated heterocycles. The Morgan fingerprint density at radius 1 is 1.25 bits per heavy atom. The minimum Gasteiger partial charge on any atom is -0.449 e. The number of amides is 2. The topological polar surface area (TPSA) is 90.7 Å². The minimum absolute atomic E-state index is 0.142. The van der Waals surface area contributed by atoms with Gasteiger partial charge in [0.2, 0.25) is 0 Å². The van der Waals surface area contributed by atoms with Gasteiger partial charge >= 0.3 is 12.2 Å². The van der Waals surface area contributed by atoms with Crippen LogP contribution in [-0.4, -0.2) is 31.9 Å². The molecule has 0 spiro atoms. The van der Waals surface area contributed by atoms with Gasteiger partial charge in [-0.2, -0.15) is 0 Å². The molecule has 0 aliphatic carbocycles. The number of nitrogens with one attached hydrogen (secondary N) is 1. The van der Waals surface area contributed by atoms with E-state index in [1.807, 2.05) is 13.8 Å². The summed E-state index contributed by atoms with van der Waals surface area (Å²) in [6.45, 7) is 9.02. The van der Waals surface area contributed by atoms with E-state index in [1.54, 1.807) is 0 Å². The van der Waals surface area contributed by atoms with Crippen LogP contribution in [0.25, 0.3) is 0 Å². The van der Waals surface area contributed by atoms with Crippen molar-refractivity contribution in [3.8, 4) is 0 Å². The summed E-state index contributed by atoms with van der Waals surface area (Å²) in [5.74, 6) is 0.392. The van der Waals surface area contributed by atoms with Crippen LogP contribution in [0.3, 0.4) is 0 Å². The van der Waals surface area contributed by atoms with Crippen LogP contribution in [0.5, 0.6) is 0 Å². The fourth-order valence-corrected chi connectivity index (χ4v) is 2.05. The van der Waals surface area contributed by atoms with Gasteiger partial charge in [0.25, 0.3) is 0 Å². The molecule has 0 radical (unpaired) electrons. The molecule has 3 N–H and O–H groups in total. The zero-order chi connectivity index (χ0) is 15.6. The fraction of sp³-hybridized carbons (Fsp3) is 0.857. The number of unbranched alkanes of at least 4 members (excludes halogenated alkanes) is 1. The zero-order valence-electron chi connectivity index (χ0n) is 13.0. The Kier molecular flexibility index (Phi) is 8.76. The van der Waals surface area contributed by atoms with Gasteiger partial charge < -0.3 is 20.5 Å². The van der Waals surface area contributed by atoms with Crippen molar-refractivity contribution in [1.82, 2.24) is 5.32 Å². The van der Waals surface area contributed by atoms with Crippen molar-refractivity contribution in [1.29, 1.82) is 0 Å². The molecule has 6 nitrogen and oxygen atoms in total. The van der Waals surface area contributed by atoms with E-state index < -0.39 is 17.6 Å². The second-order valence-corrected chi connectivity index (χ2v) is 5.87. The Hall–Kier alpha value is -1.46. The maximum absolute atomic E-state index is 11.5. The summed E-state index contributed by atoms with van der Waals surface area (Å²) in [7, 11) is 0. The number of hydrogen-bond donors (Lipinski definition) is 2. The normalized spacial score (nSPS) is 13.7. The number of carbonyl (C=O) groups excluding carboxylic acids is 2. The smallest absolute Gasteiger partial charge is 0.407 e. The maximum Gasteiger partial charge on any atom is 0.407 e. The van der Waals surface area contributed by atoms with Crippen molar-refractivity contribution in [2.45, 2.75) is 47.0 Å². The van der Waals surface area contributed by atoms with Crippen molar-refractivity contribution < 1.29 is 19.1 Å². The molecule has 118 valence electrons. The van der Waals surface area contributed by atoms with Crippen LogP contribution >= 0.6 is 0 Å². The number of carbonyl (C=O) groups is 2. The highest BCUT2D eigenvalue weighted by Gasteiger charge is 2.29. The molecule has 0 saturated carbocycles. The van der Waals surface area contributed by atoms with Gasteiger partial charge in [-0.05, 0) is 18.8 Å². The Bertz CT molecular complexity index is 308. The van der Waals surface area contributed by atoms with Crippen LogP contribution in [0, 0.1) is 11.3 Å². The molecule has 0 aromatic carbocycles. The van der Waals surface area contributed by atoms with E-state index in [2.05, 4.69) is 19.2 Å². The third kappa shape index (κ3) is 9.47. The number of alkyl carbamates (subject to hydrolysis) is 1. The first-order valence-electron chi connectivity index (χ1n) is 7.12. The first-order valence-corrected chi connectivity index (χ1v) is 7.12. The predicted molar refractivity (Wildman–Crippen MR) is 77.4 cm³/mol. The standard InChI is InChI=1S/C14H28N2O4/c1-5-6-7-16-13(18)20-10-14(4,8-11(2)3)9-19-12(15)17/h11H,5-10H2,1-4H3,(H2,15,17)(H,16,18). The highest BCUT2D eigenvalue weighted by atomic mass is 16.6. The van der Waals surface area contributed by atoms with Crippen molar-refractivity contribution in [2.75, 3.05) is 19.8 Å². The summed E-state index contributed by atoms with van der Waals surface area (Å²) < 4.78 is 10.1. The lowest BCUT2D eigenvalue weighted by atomic mass is 9.83. The summed E-state index contributed by atoms with van der Waals surface area (Å²) in [5, 5.41) is 2.68. The Morgan fingerprint density at radius 3 is 2.35 bits per heavy atom. The van der Waals surface area contributed by atoms with Crippen LogP contribution in [0.15, 0.2) is 0 Å². The van der Waals surface area contributed by atoms with Gasteiger partial charge in [-0.15, -0.1) is 0 Å². The molecule has 20 heavy (non-hydrogen) atoms. The van der Waals surface area contributed by atoms with Gasteiger partial charge in [0, 0.05) is 12.0 Å². The molecule has 0 aromatic rings.